The molecule has 0 atom stereocenters. The van der Waals surface area contributed by atoms with Crippen LogP contribution in [0.4, 0.5) is 0 Å². The van der Waals surface area contributed by atoms with E-state index in [9.17, 15) is 5.26 Å². The Labute approximate surface area is 282 Å². The van der Waals surface area contributed by atoms with Gasteiger partial charge in [-0.3, -0.25) is 0 Å². The first-order valence-corrected chi connectivity index (χ1v) is 16.3. The Bertz CT molecular complexity index is 2920. The molecule has 0 fully saturated rings. The average Bonchev–Trinajstić information content (AvgIpc) is 3.67. The van der Waals surface area contributed by atoms with Crippen molar-refractivity contribution in [1.29, 1.82) is 5.26 Å². The zero-order chi connectivity index (χ0) is 33.1. The van der Waals surface area contributed by atoms with Gasteiger partial charge >= 0.3 is 0 Å². The van der Waals surface area contributed by atoms with Gasteiger partial charge in [0.25, 0.3) is 0 Å². The summed E-state index contributed by atoms with van der Waals surface area (Å²) in [5, 5.41) is 17.1. The van der Waals surface area contributed by atoms with E-state index >= 15 is 0 Å². The van der Waals surface area contributed by atoms with Crippen LogP contribution in [0.2, 0.25) is 0 Å². The Morgan fingerprint density at radius 2 is 1.18 bits per heavy atom. The zero-order valence-corrected chi connectivity index (χ0v) is 26.8. The lowest BCUT2D eigenvalue weighted by Gasteiger charge is -2.15. The van der Waals surface area contributed by atoms with E-state index in [4.69, 9.17) is 8.83 Å². The summed E-state index contributed by atoms with van der Waals surface area (Å²) in [6, 6.07) is 52.3. The number of para-hydroxylation sites is 2. The molecule has 49 heavy (non-hydrogen) atoms. The van der Waals surface area contributed by atoms with Gasteiger partial charge in [-0.2, -0.15) is 5.26 Å². The van der Waals surface area contributed by atoms with Crippen LogP contribution in [0.25, 0.3) is 77.9 Å². The molecule has 0 unspecified atom stereocenters. The fourth-order valence-corrected chi connectivity index (χ4v) is 7.20. The number of aryl methyl sites for hydroxylation is 1. The van der Waals surface area contributed by atoms with Crippen LogP contribution in [-0.4, -0.2) is 0 Å². The quantitative estimate of drug-likeness (QED) is 0.182. The van der Waals surface area contributed by atoms with Crippen LogP contribution in [-0.2, 0) is 0 Å². The van der Waals surface area contributed by atoms with Gasteiger partial charge in [0.15, 0.2) is 0 Å². The zero-order valence-electron chi connectivity index (χ0n) is 26.8. The van der Waals surface area contributed by atoms with E-state index in [-0.39, 0.29) is 0 Å². The molecule has 230 valence electrons. The van der Waals surface area contributed by atoms with Crippen molar-refractivity contribution in [3.63, 3.8) is 0 Å². The lowest BCUT2D eigenvalue weighted by atomic mass is 9.88. The van der Waals surface area contributed by atoms with Gasteiger partial charge in [-0.1, -0.05) is 104 Å². The maximum absolute atomic E-state index is 9.54. The third-order valence-electron chi connectivity index (χ3n) is 9.64. The second kappa shape index (κ2) is 11.3. The Balaban J connectivity index is 1.43. The largest absolute Gasteiger partial charge is 0.456 e. The molecule has 3 nitrogen and oxygen atoms in total. The molecule has 3 heteroatoms. The highest BCUT2D eigenvalue weighted by Gasteiger charge is 2.22. The molecule has 9 rings (SSSR count). The van der Waals surface area contributed by atoms with Gasteiger partial charge in [0.2, 0.25) is 0 Å². The summed E-state index contributed by atoms with van der Waals surface area (Å²) in [6.45, 7) is 6.64. The molecular weight excluding hydrogens is 599 g/mol. The second-order valence-electron chi connectivity index (χ2n) is 12.5. The van der Waals surface area contributed by atoms with Gasteiger partial charge in [-0.05, 0) is 105 Å². The van der Waals surface area contributed by atoms with Gasteiger partial charge in [-0.15, -0.1) is 0 Å². The minimum Gasteiger partial charge on any atom is -0.456 e. The minimum atomic E-state index is 0.620. The smallest absolute Gasteiger partial charge is 0.146 e. The molecular formula is C46H29NO2. The number of nitrogens with zero attached hydrogens (tertiary/aromatic N) is 1. The molecule has 0 saturated heterocycles. The average molecular weight is 628 g/mol. The van der Waals surface area contributed by atoms with E-state index in [0.717, 1.165) is 71.9 Å². The third kappa shape index (κ3) is 4.65. The van der Waals surface area contributed by atoms with E-state index in [2.05, 4.69) is 98.4 Å². The summed E-state index contributed by atoms with van der Waals surface area (Å²) in [5.74, 6) is 0.747. The highest BCUT2D eigenvalue weighted by Crippen LogP contribution is 2.40. The van der Waals surface area contributed by atoms with Crippen molar-refractivity contribution in [3.8, 4) is 28.3 Å². The minimum absolute atomic E-state index is 0.620. The fourth-order valence-electron chi connectivity index (χ4n) is 7.20. The first-order valence-electron chi connectivity index (χ1n) is 16.3. The van der Waals surface area contributed by atoms with E-state index in [0.29, 0.717) is 11.0 Å². The van der Waals surface area contributed by atoms with Gasteiger partial charge in [0, 0.05) is 21.6 Å². The van der Waals surface area contributed by atoms with Crippen molar-refractivity contribution in [2.24, 2.45) is 0 Å². The number of fused-ring (bicyclic) bond motifs is 5. The Morgan fingerprint density at radius 1 is 0.571 bits per heavy atom. The molecule has 7 aromatic carbocycles. The molecule has 0 spiro atoms. The second-order valence-corrected chi connectivity index (χ2v) is 12.5. The van der Waals surface area contributed by atoms with Crippen LogP contribution in [0.3, 0.4) is 0 Å². The highest BCUT2D eigenvalue weighted by molar-refractivity contribution is 6.14. The van der Waals surface area contributed by atoms with Crippen molar-refractivity contribution >= 4 is 55.6 Å². The molecule has 0 aliphatic heterocycles. The first-order chi connectivity index (χ1) is 24.1. The van der Waals surface area contributed by atoms with Crippen molar-refractivity contribution in [1.82, 2.24) is 0 Å². The number of rotatable bonds is 4. The van der Waals surface area contributed by atoms with Crippen LogP contribution in [0.5, 0.6) is 0 Å². The predicted molar refractivity (Wildman–Crippen MR) is 201 cm³/mol. The van der Waals surface area contributed by atoms with Crippen LogP contribution in [0, 0.1) is 18.3 Å². The van der Waals surface area contributed by atoms with Gasteiger partial charge in [-0.25, -0.2) is 0 Å². The summed E-state index contributed by atoms with van der Waals surface area (Å²) in [6.07, 6.45) is 0. The summed E-state index contributed by atoms with van der Waals surface area (Å²) in [4.78, 5) is 0. The summed E-state index contributed by atoms with van der Waals surface area (Å²) < 4.78 is 13.4. The maximum atomic E-state index is 9.54. The highest BCUT2D eigenvalue weighted by atomic mass is 16.3. The molecule has 0 N–H and O–H groups in total. The molecule has 0 amide bonds. The van der Waals surface area contributed by atoms with E-state index in [1.165, 1.54) is 21.5 Å². The third-order valence-corrected chi connectivity index (χ3v) is 9.64. The topological polar surface area (TPSA) is 50.1 Å². The number of nitriles is 1. The number of hydrogen-bond donors (Lipinski definition) is 0. The van der Waals surface area contributed by atoms with Crippen LogP contribution in [0.15, 0.2) is 154 Å². The van der Waals surface area contributed by atoms with Crippen molar-refractivity contribution < 1.29 is 8.83 Å². The van der Waals surface area contributed by atoms with Crippen LogP contribution < -0.4 is 10.6 Å². The molecule has 0 aliphatic carbocycles. The lowest BCUT2D eigenvalue weighted by Crippen LogP contribution is -2.22. The van der Waals surface area contributed by atoms with Crippen LogP contribution >= 0.6 is 0 Å². The van der Waals surface area contributed by atoms with Crippen molar-refractivity contribution in [2.75, 3.05) is 0 Å². The molecule has 0 saturated carbocycles. The summed E-state index contributed by atoms with van der Waals surface area (Å²) in [7, 11) is 0. The summed E-state index contributed by atoms with van der Waals surface area (Å²) in [5.41, 5.74) is 9.93. The number of hydrogen-bond acceptors (Lipinski definition) is 3. The fraction of sp³-hybridized carbons (Fsp3) is 0.0217. The standard InChI is InChI=1S/C46H29NO2/c1-28-36-12-7-9-17-42(36)48-45(28)44(46-29(2)37-13-8-10-18-43(37)49-46)35-24-33(31-21-19-30(27-47)20-22-31)23-34(25-35)41-26-32-11-3-4-14-38(32)39-15-5-6-16-40(39)41/h3-26H,1H2,2H3/b45-44+. The Morgan fingerprint density at radius 3 is 1.90 bits per heavy atom. The van der Waals surface area contributed by atoms with E-state index in [1.807, 2.05) is 66.7 Å². The van der Waals surface area contributed by atoms with Crippen LogP contribution in [0.1, 0.15) is 22.5 Å². The first kappa shape index (κ1) is 28.6. The van der Waals surface area contributed by atoms with E-state index in [1.54, 1.807) is 0 Å². The van der Waals surface area contributed by atoms with Gasteiger partial charge < -0.3 is 8.83 Å². The molecule has 0 bridgehead atoms. The Hall–Kier alpha value is -6.63. The van der Waals surface area contributed by atoms with E-state index < -0.39 is 0 Å². The van der Waals surface area contributed by atoms with Crippen molar-refractivity contribution in [3.05, 3.63) is 179 Å². The molecule has 0 aliphatic rings. The monoisotopic (exact) mass is 627 g/mol. The maximum Gasteiger partial charge on any atom is 0.146 e. The normalized spacial score (nSPS) is 12.2. The molecule has 2 heterocycles. The Kier molecular flexibility index (Phi) is 6.57. The van der Waals surface area contributed by atoms with Crippen molar-refractivity contribution in [2.45, 2.75) is 6.92 Å². The molecule has 2 aromatic heterocycles. The van der Waals surface area contributed by atoms with Gasteiger partial charge in [0.1, 0.15) is 22.3 Å². The number of furan rings is 2. The summed E-state index contributed by atoms with van der Waals surface area (Å²) >= 11 is 0. The lowest BCUT2D eigenvalue weighted by molar-refractivity contribution is 0.560. The number of benzene rings is 7. The predicted octanol–water partition coefficient (Wildman–Crippen LogP) is 10.7. The molecule has 0 radical (unpaired) electrons. The molecule has 9 aromatic rings. The van der Waals surface area contributed by atoms with Gasteiger partial charge in [0.05, 0.1) is 17.2 Å². The SMILES string of the molecule is C=c1/c(=C(/c2cc(-c3ccc(C#N)cc3)cc(-c3cc4ccccc4c4ccccc34)c2)c2oc3ccccc3c2C)oc2ccccc12.